The molecule has 5 rings (SSSR count). The zero-order valence-electron chi connectivity index (χ0n) is 51.2. The Kier molecular flexibility index (Phi) is 26.6. The van der Waals surface area contributed by atoms with Crippen molar-refractivity contribution in [2.24, 2.45) is 23.7 Å². The fourth-order valence-corrected chi connectivity index (χ4v) is 12.4. The molecular formula is C61H100O21. The highest BCUT2D eigenvalue weighted by Crippen LogP contribution is 2.44. The summed E-state index contributed by atoms with van der Waals surface area (Å²) in [6, 6.07) is 0. The molecule has 0 amide bonds. The van der Waals surface area contributed by atoms with Gasteiger partial charge in [-0.3, -0.25) is 9.59 Å². The third-order valence-corrected chi connectivity index (χ3v) is 17.1. The van der Waals surface area contributed by atoms with Gasteiger partial charge in [0, 0.05) is 78.8 Å². The topological polar surface area (TPSA) is 287 Å². The first-order valence-electron chi connectivity index (χ1n) is 29.1. The van der Waals surface area contributed by atoms with Crippen molar-refractivity contribution in [2.75, 3.05) is 35.0 Å². The van der Waals surface area contributed by atoms with E-state index >= 15 is 0 Å². The van der Waals surface area contributed by atoms with Crippen LogP contribution in [-0.2, 0) is 66.4 Å². The number of carbonyl (C=O) groups is 2. The molecule has 0 aromatic heterocycles. The van der Waals surface area contributed by atoms with Gasteiger partial charge in [0.05, 0.1) is 67.1 Å². The minimum atomic E-state index is -2.45. The van der Waals surface area contributed by atoms with Crippen LogP contribution < -0.4 is 0 Å². The van der Waals surface area contributed by atoms with Gasteiger partial charge in [0.2, 0.25) is 0 Å². The number of ketones is 1. The van der Waals surface area contributed by atoms with E-state index in [1.54, 1.807) is 54.5 Å². The Bertz CT molecular complexity index is 2200. The van der Waals surface area contributed by atoms with Gasteiger partial charge in [-0.15, -0.1) is 0 Å². The maximum Gasteiger partial charge on any atom is 0.302 e. The maximum absolute atomic E-state index is 14.5. The number of aliphatic hydroxyl groups excluding tert-OH is 5. The molecule has 0 spiro atoms. The van der Waals surface area contributed by atoms with Gasteiger partial charge in [-0.05, 0) is 86.1 Å². The summed E-state index contributed by atoms with van der Waals surface area (Å²) < 4.78 is 72.5. The molecule has 82 heavy (non-hydrogen) atoms. The van der Waals surface area contributed by atoms with Crippen LogP contribution in [0.1, 0.15) is 128 Å². The number of rotatable bonds is 16. The first-order valence-corrected chi connectivity index (χ1v) is 29.1. The Morgan fingerprint density at radius 1 is 0.768 bits per heavy atom. The van der Waals surface area contributed by atoms with Gasteiger partial charge in [0.15, 0.2) is 30.4 Å². The molecule has 21 heteroatoms. The summed E-state index contributed by atoms with van der Waals surface area (Å²) in [5.74, 6) is -6.48. The van der Waals surface area contributed by atoms with Crippen LogP contribution in [0.5, 0.6) is 0 Å². The van der Waals surface area contributed by atoms with E-state index in [2.05, 4.69) is 0 Å². The maximum atomic E-state index is 14.5. The number of allylic oxidation sites excluding steroid dienone is 8. The van der Waals surface area contributed by atoms with Crippen molar-refractivity contribution in [3.8, 4) is 0 Å². The summed E-state index contributed by atoms with van der Waals surface area (Å²) in [5.41, 5.74) is 1.28. The second kappa shape index (κ2) is 31.2. The average molecular weight is 1170 g/mol. The highest BCUT2D eigenvalue weighted by molar-refractivity contribution is 5.95. The van der Waals surface area contributed by atoms with Crippen molar-refractivity contribution in [3.05, 3.63) is 58.7 Å². The molecule has 0 aromatic rings. The van der Waals surface area contributed by atoms with E-state index in [4.69, 9.17) is 56.8 Å². The van der Waals surface area contributed by atoms with Crippen LogP contribution >= 0.6 is 0 Å². The lowest BCUT2D eigenvalue weighted by Crippen LogP contribution is -2.64. The molecule has 470 valence electrons. The van der Waals surface area contributed by atoms with E-state index in [9.17, 15) is 45.3 Å². The SMILES string of the molecule is COC[C@@H](CC1O[C@@](O)([C@H](O)C2CC(=O)/C(C)=C/C(C)=C/C(C)=C/[C@@H](C)[C@H](O[C@@H]3O[C@@H](C)[C@H](OC)[C@@H](O)[C@@H]3O)/C=C/C(C)=C/CC[C@H](OC(C)=O)[C@@H](OC)C2)[C@H](C)[C@@H](O)[C@H]1C)O[C@H]1C[C@](C)(O)[C@@H](O[C@H]2C[C@@H](OC)[C@H](O)[C@@H](C)O2)[C@H](C)O1. The number of Topliss-reactive ketones (excluding diaryl/α,β-unsaturated/α-hetero) is 1. The molecule has 7 N–H and O–H groups in total. The Labute approximate surface area is 485 Å². The molecule has 4 aliphatic heterocycles. The van der Waals surface area contributed by atoms with Gasteiger partial charge in [-0.25, -0.2) is 0 Å². The molecule has 0 radical (unpaired) electrons. The Balaban J connectivity index is 1.42. The van der Waals surface area contributed by atoms with Gasteiger partial charge in [0.1, 0.15) is 42.7 Å². The van der Waals surface area contributed by atoms with Gasteiger partial charge in [-0.1, -0.05) is 73.9 Å². The van der Waals surface area contributed by atoms with Crippen molar-refractivity contribution >= 4 is 11.8 Å². The molecule has 4 heterocycles. The normalized spacial score (nSPS) is 45.4. The number of hydrogen-bond donors (Lipinski definition) is 7. The van der Waals surface area contributed by atoms with Crippen molar-refractivity contribution in [1.29, 1.82) is 0 Å². The summed E-state index contributed by atoms with van der Waals surface area (Å²) in [5, 5.41) is 81.8. The monoisotopic (exact) mass is 1170 g/mol. The first-order chi connectivity index (χ1) is 38.5. The fourth-order valence-electron chi connectivity index (χ4n) is 12.4. The zero-order chi connectivity index (χ0) is 61.1. The van der Waals surface area contributed by atoms with E-state index in [-0.39, 0.29) is 56.8 Å². The molecule has 0 bridgehead atoms. The van der Waals surface area contributed by atoms with Crippen LogP contribution in [0, 0.1) is 23.7 Å². The molecule has 0 saturated carbocycles. The summed E-state index contributed by atoms with van der Waals surface area (Å²) in [6.07, 6.45) is -5.79. The van der Waals surface area contributed by atoms with E-state index in [0.717, 1.165) is 16.7 Å². The number of carbonyl (C=O) groups excluding carboxylic acids is 2. The highest BCUT2D eigenvalue weighted by atomic mass is 16.7. The highest BCUT2D eigenvalue weighted by Gasteiger charge is 2.57. The first kappa shape index (κ1) is 69.9. The van der Waals surface area contributed by atoms with Gasteiger partial charge >= 0.3 is 5.97 Å². The summed E-state index contributed by atoms with van der Waals surface area (Å²) in [7, 11) is 5.88. The van der Waals surface area contributed by atoms with Crippen LogP contribution in [0.15, 0.2) is 58.7 Å². The second-order valence-corrected chi connectivity index (χ2v) is 24.0. The Hall–Kier alpha value is -2.88. The van der Waals surface area contributed by atoms with Crippen molar-refractivity contribution < 1.29 is 102 Å². The zero-order valence-corrected chi connectivity index (χ0v) is 51.2. The van der Waals surface area contributed by atoms with Crippen LogP contribution in [0.2, 0.25) is 0 Å². The van der Waals surface area contributed by atoms with Gasteiger partial charge < -0.3 is 92.6 Å². The number of ether oxygens (including phenoxy) is 12. The average Bonchev–Trinajstić information content (AvgIpc) is 2.99. The lowest BCUT2D eigenvalue weighted by molar-refractivity contribution is -0.363. The lowest BCUT2D eigenvalue weighted by atomic mass is 9.73. The third kappa shape index (κ3) is 18.1. The molecular weight excluding hydrogens is 1070 g/mol. The van der Waals surface area contributed by atoms with E-state index in [0.29, 0.717) is 12.0 Å². The lowest BCUT2D eigenvalue weighted by Gasteiger charge is -2.52. The van der Waals surface area contributed by atoms with E-state index in [1.807, 2.05) is 58.1 Å². The molecule has 21 nitrogen and oxygen atoms in total. The number of esters is 1. The van der Waals surface area contributed by atoms with Crippen LogP contribution in [-0.4, -0.2) is 210 Å². The fraction of sp³-hybridized carbons (Fsp3) is 0.803. The standard InChI is InChI=1S/C61H100O21/c1-31-18-17-19-46(78-41(11)62)48(72-14)26-42(25-44(63)34(4)23-32(2)22-33(3)24-35(5)45(21-20-31)80-59-55(67)54(66)56(74-16)39(9)77-59)57(68)61(70)37(7)52(64)36(6)47(82-61)27-43(30-71-13)79-51-29-60(12,69)58(40(10)76-51)81-50-28-49(73-15)53(65)38(8)75-50/h18,20-24,35-40,42-43,45-59,64-70H,17,19,25-30H2,1-16H3/b21-20+,31-18+,32-22+,33-24+,34-23+/t35-,36+,37-,38-,39+,40+,42?,43-,45-,46+,47?,48+,49-,50+,51+,52+,53-,54+,55+,56+,57-,58+,59+,60+,61-/m1/s1. The van der Waals surface area contributed by atoms with E-state index < -0.39 is 152 Å². The molecule has 2 unspecified atom stereocenters. The largest absolute Gasteiger partial charge is 0.460 e. The molecule has 4 saturated heterocycles. The second-order valence-electron chi connectivity index (χ2n) is 24.0. The molecule has 0 aromatic carbocycles. The van der Waals surface area contributed by atoms with Crippen LogP contribution in [0.25, 0.3) is 0 Å². The van der Waals surface area contributed by atoms with Crippen molar-refractivity contribution in [1.82, 2.24) is 0 Å². The Morgan fingerprint density at radius 2 is 1.44 bits per heavy atom. The minimum absolute atomic E-state index is 0.0179. The molecule has 5 aliphatic rings. The van der Waals surface area contributed by atoms with Crippen molar-refractivity contribution in [3.63, 3.8) is 0 Å². The molecule has 25 atom stereocenters. The summed E-state index contributed by atoms with van der Waals surface area (Å²) in [6.45, 7) is 20.7. The number of aliphatic hydroxyl groups is 7. The third-order valence-electron chi connectivity index (χ3n) is 17.1. The smallest absolute Gasteiger partial charge is 0.302 e. The Morgan fingerprint density at radius 3 is 2.06 bits per heavy atom. The molecule has 1 aliphatic carbocycles. The predicted octanol–water partition coefficient (Wildman–Crippen LogP) is 4.82. The quantitative estimate of drug-likeness (QED) is 0.102. The molecule has 4 fully saturated rings. The van der Waals surface area contributed by atoms with Crippen molar-refractivity contribution in [2.45, 2.75) is 256 Å². The van der Waals surface area contributed by atoms with Crippen LogP contribution in [0.3, 0.4) is 0 Å². The minimum Gasteiger partial charge on any atom is -0.460 e. The van der Waals surface area contributed by atoms with Crippen LogP contribution in [0.4, 0.5) is 0 Å². The van der Waals surface area contributed by atoms with E-state index in [1.165, 1.54) is 35.4 Å². The summed E-state index contributed by atoms with van der Waals surface area (Å²) >= 11 is 0. The summed E-state index contributed by atoms with van der Waals surface area (Å²) in [4.78, 5) is 27.3. The number of hydrogen-bond acceptors (Lipinski definition) is 21. The van der Waals surface area contributed by atoms with Gasteiger partial charge in [-0.2, -0.15) is 0 Å². The number of methoxy groups -OCH3 is 4. The van der Waals surface area contributed by atoms with Gasteiger partial charge in [0.25, 0.3) is 0 Å². The predicted molar refractivity (Wildman–Crippen MR) is 300 cm³/mol.